The Hall–Kier alpha value is -4.27. The van der Waals surface area contributed by atoms with Crippen molar-refractivity contribution in [1.82, 2.24) is 10.2 Å². The smallest absolute Gasteiger partial charge is 0.410 e. The van der Waals surface area contributed by atoms with Gasteiger partial charge in [-0.05, 0) is 74.7 Å². The van der Waals surface area contributed by atoms with Gasteiger partial charge < -0.3 is 53.4 Å². The molecule has 2 aliphatic heterocycles. The van der Waals surface area contributed by atoms with Crippen molar-refractivity contribution in [3.63, 3.8) is 0 Å². The molecule has 2 amide bonds. The van der Waals surface area contributed by atoms with E-state index in [-0.39, 0.29) is 51.3 Å². The van der Waals surface area contributed by atoms with Gasteiger partial charge in [0.05, 0.1) is 69.0 Å². The molecule has 0 bridgehead atoms. The number of carbonyl (C=O) groups is 2. The van der Waals surface area contributed by atoms with E-state index < -0.39 is 23.9 Å². The number of nitrogens with one attached hydrogen (secondary N) is 1. The molecule has 3 atom stereocenters. The predicted octanol–water partition coefficient (Wildman–Crippen LogP) is 5.84. The Morgan fingerprint density at radius 3 is 2.43 bits per heavy atom. The molecule has 2 N–H and O–H groups in total. The van der Waals surface area contributed by atoms with Crippen LogP contribution in [-0.4, -0.2) is 119 Å². The summed E-state index contributed by atoms with van der Waals surface area (Å²) < 4.78 is 41.9. The van der Waals surface area contributed by atoms with Crippen molar-refractivity contribution >= 4 is 29.3 Å². The van der Waals surface area contributed by atoms with Crippen LogP contribution >= 0.6 is 11.6 Å². The van der Waals surface area contributed by atoms with Crippen LogP contribution in [0.25, 0.3) is 0 Å². The molecule has 13 nitrogen and oxygen atoms in total. The fourth-order valence-corrected chi connectivity index (χ4v) is 6.84. The minimum Gasteiger partial charge on any atom is -0.493 e. The molecule has 0 saturated carbocycles. The van der Waals surface area contributed by atoms with Crippen molar-refractivity contribution in [2.75, 3.05) is 84.4 Å². The molecule has 306 valence electrons. The highest BCUT2D eigenvalue weighted by atomic mass is 35.5. The van der Waals surface area contributed by atoms with Crippen LogP contribution < -0.4 is 24.4 Å². The van der Waals surface area contributed by atoms with Gasteiger partial charge in [-0.3, -0.25) is 4.79 Å². The second-order valence-corrected chi connectivity index (χ2v) is 15.1. The number of aliphatic hydroxyl groups is 1. The van der Waals surface area contributed by atoms with Crippen LogP contribution in [0.15, 0.2) is 66.7 Å². The summed E-state index contributed by atoms with van der Waals surface area (Å²) in [5, 5.41) is 12.4. The van der Waals surface area contributed by atoms with E-state index in [9.17, 15) is 14.7 Å². The number of amides is 2. The van der Waals surface area contributed by atoms with Crippen LogP contribution in [0.5, 0.6) is 17.2 Å². The Morgan fingerprint density at radius 1 is 0.946 bits per heavy atom. The van der Waals surface area contributed by atoms with E-state index in [2.05, 4.69) is 16.3 Å². The van der Waals surface area contributed by atoms with Gasteiger partial charge in [-0.1, -0.05) is 41.9 Å². The molecule has 1 saturated heterocycles. The second kappa shape index (κ2) is 21.3. The van der Waals surface area contributed by atoms with Gasteiger partial charge in [0, 0.05) is 39.1 Å². The van der Waals surface area contributed by atoms with E-state index in [0.717, 1.165) is 42.1 Å². The Kier molecular flexibility index (Phi) is 16.3. The first-order valence-corrected chi connectivity index (χ1v) is 19.6. The lowest BCUT2D eigenvalue weighted by Gasteiger charge is -2.43. The third-order valence-corrected chi connectivity index (χ3v) is 9.57. The number of methoxy groups -OCH3 is 1. The molecule has 1 fully saturated rings. The average molecular weight is 798 g/mol. The minimum atomic E-state index is -0.721. The van der Waals surface area contributed by atoms with Crippen LogP contribution in [0.3, 0.4) is 0 Å². The molecule has 0 aliphatic carbocycles. The number of carbonyl (C=O) groups excluding carboxylic acids is 2. The molecule has 0 spiro atoms. The van der Waals surface area contributed by atoms with E-state index in [1.165, 1.54) is 0 Å². The number of fused-ring (bicyclic) bond motifs is 1. The Labute approximate surface area is 335 Å². The van der Waals surface area contributed by atoms with Crippen LogP contribution in [0, 0.1) is 0 Å². The van der Waals surface area contributed by atoms with Gasteiger partial charge in [0.25, 0.3) is 0 Å². The third-order valence-electron chi connectivity index (χ3n) is 9.26. The van der Waals surface area contributed by atoms with Crippen molar-refractivity contribution in [2.45, 2.75) is 63.9 Å². The van der Waals surface area contributed by atoms with Gasteiger partial charge in [0.2, 0.25) is 5.91 Å². The lowest BCUT2D eigenvalue weighted by Crippen LogP contribution is -2.55. The van der Waals surface area contributed by atoms with Gasteiger partial charge in [-0.2, -0.15) is 0 Å². The first kappa shape index (κ1) is 42.9. The number of rotatable bonds is 19. The maximum atomic E-state index is 13.5. The summed E-state index contributed by atoms with van der Waals surface area (Å²) >= 11 is 6.20. The molecule has 5 rings (SSSR count). The molecule has 56 heavy (non-hydrogen) atoms. The number of benzene rings is 3. The average Bonchev–Trinajstić information content (AvgIpc) is 3.18. The fourth-order valence-electron chi connectivity index (χ4n) is 6.64. The predicted molar refractivity (Wildman–Crippen MR) is 213 cm³/mol. The van der Waals surface area contributed by atoms with E-state index in [4.69, 9.17) is 44.8 Å². The van der Waals surface area contributed by atoms with E-state index in [1.807, 2.05) is 75.4 Å². The first-order valence-electron chi connectivity index (χ1n) is 19.2. The number of nitrogens with zero attached hydrogens (tertiary/aromatic N) is 2. The normalized spacial score (nSPS) is 18.1. The van der Waals surface area contributed by atoms with Gasteiger partial charge in [-0.15, -0.1) is 0 Å². The van der Waals surface area contributed by atoms with Crippen LogP contribution in [-0.2, 0) is 30.3 Å². The highest BCUT2D eigenvalue weighted by Gasteiger charge is 2.42. The molecular weight excluding hydrogens is 742 g/mol. The maximum absolute atomic E-state index is 13.5. The van der Waals surface area contributed by atoms with E-state index in [0.29, 0.717) is 49.4 Å². The third kappa shape index (κ3) is 12.9. The maximum Gasteiger partial charge on any atom is 0.410 e. The van der Waals surface area contributed by atoms with Crippen molar-refractivity contribution in [3.8, 4) is 17.2 Å². The zero-order chi connectivity index (χ0) is 39.9. The van der Waals surface area contributed by atoms with Crippen molar-refractivity contribution in [1.29, 1.82) is 0 Å². The molecule has 2 aliphatic rings. The number of piperidine rings is 1. The Balaban J connectivity index is 1.34. The molecule has 3 aromatic rings. The van der Waals surface area contributed by atoms with Gasteiger partial charge in [0.15, 0.2) is 0 Å². The summed E-state index contributed by atoms with van der Waals surface area (Å²) in [6.45, 7) is 9.55. The van der Waals surface area contributed by atoms with Crippen molar-refractivity contribution in [2.24, 2.45) is 0 Å². The summed E-state index contributed by atoms with van der Waals surface area (Å²) in [6.07, 6.45) is -0.131. The van der Waals surface area contributed by atoms with Crippen molar-refractivity contribution in [3.05, 3.63) is 82.9 Å². The van der Waals surface area contributed by atoms with Gasteiger partial charge in [0.1, 0.15) is 36.1 Å². The largest absolute Gasteiger partial charge is 0.493 e. The summed E-state index contributed by atoms with van der Waals surface area (Å²) in [5.74, 6) is 1.40. The van der Waals surface area contributed by atoms with Gasteiger partial charge >= 0.3 is 6.09 Å². The zero-order valence-electron chi connectivity index (χ0n) is 32.9. The molecule has 0 aromatic heterocycles. The molecule has 0 radical (unpaired) electrons. The molecule has 0 unspecified atom stereocenters. The Morgan fingerprint density at radius 2 is 1.70 bits per heavy atom. The summed E-state index contributed by atoms with van der Waals surface area (Å²) in [7, 11) is 1.71. The van der Waals surface area contributed by atoms with Crippen molar-refractivity contribution < 1.29 is 47.9 Å². The topological polar surface area (TPSA) is 137 Å². The lowest BCUT2D eigenvalue weighted by atomic mass is 9.84. The number of likely N-dealkylation sites (tertiary alicyclic amines) is 1. The van der Waals surface area contributed by atoms with Crippen LogP contribution in [0.2, 0.25) is 5.02 Å². The summed E-state index contributed by atoms with van der Waals surface area (Å²) in [5.41, 5.74) is 2.13. The minimum absolute atomic E-state index is 0.106. The van der Waals surface area contributed by atoms with E-state index in [1.54, 1.807) is 18.1 Å². The fraction of sp³-hybridized carbons (Fsp3) is 0.524. The number of anilines is 1. The SMILES string of the molecule is COCCCN1CCOc2ccc(CO[C@H]3CN(C(=O)OC(C)(C)C)C[C@@H](OCC(=O)NCCO)[C@@H]3c3ccc(OCCCOc4ccccc4Cl)cc3)cc21. The number of hydrogen-bond donors (Lipinski definition) is 2. The standard InChI is InChI=1S/C42H56ClN3O10/c1-42(2,3)56-41(49)46-26-37(54-28-30-11-16-36-34(25-30)45(19-24-53-36)18-7-21-50-4)40(38(27-46)55-29-39(48)44-17-20-47)31-12-14-32(15-13-31)51-22-8-23-52-35-10-6-5-9-33(35)43/h5-6,9-16,25,37-38,40,47H,7-8,17-24,26-29H2,1-4H3,(H,44,48)/t37-,38+,40+/m0/s1. The second-order valence-electron chi connectivity index (χ2n) is 14.7. The van der Waals surface area contributed by atoms with E-state index >= 15 is 0 Å². The highest BCUT2D eigenvalue weighted by molar-refractivity contribution is 6.32. The monoisotopic (exact) mass is 797 g/mol. The summed E-state index contributed by atoms with van der Waals surface area (Å²) in [6, 6.07) is 21.1. The van der Waals surface area contributed by atoms with Gasteiger partial charge in [-0.25, -0.2) is 4.79 Å². The van der Waals surface area contributed by atoms with Crippen LogP contribution in [0.4, 0.5) is 10.5 Å². The first-order chi connectivity index (χ1) is 27.0. The number of aliphatic hydroxyl groups excluding tert-OH is 1. The zero-order valence-corrected chi connectivity index (χ0v) is 33.6. The molecule has 2 heterocycles. The number of halogens is 1. The number of ether oxygens (including phenoxy) is 7. The molecule has 3 aromatic carbocycles. The molecular formula is C42H56ClN3O10. The number of hydrogen-bond acceptors (Lipinski definition) is 11. The number of para-hydroxylation sites is 1. The molecule has 14 heteroatoms. The highest BCUT2D eigenvalue weighted by Crippen LogP contribution is 2.37. The quantitative estimate of drug-likeness (QED) is 0.142. The Bertz CT molecular complexity index is 1690. The summed E-state index contributed by atoms with van der Waals surface area (Å²) in [4.78, 5) is 30.1. The van der Waals surface area contributed by atoms with Crippen LogP contribution in [0.1, 0.15) is 50.7 Å². The lowest BCUT2D eigenvalue weighted by molar-refractivity contribution is -0.134.